The van der Waals surface area contributed by atoms with Crippen LogP contribution in [-0.2, 0) is 13.1 Å². The number of nitrogens with zero attached hydrogens (tertiary/aromatic N) is 3. The first-order valence-corrected chi connectivity index (χ1v) is 12.7. The largest absolute Gasteiger partial charge is 0.391 e. The van der Waals surface area contributed by atoms with Crippen molar-refractivity contribution in [1.82, 2.24) is 19.7 Å². The third-order valence-corrected chi connectivity index (χ3v) is 6.93. The van der Waals surface area contributed by atoms with Crippen LogP contribution in [-0.4, -0.2) is 36.9 Å². The first kappa shape index (κ1) is 24.3. The standard InChI is InChI=1S/C28H30ClN5O2/c29-22-12-16-24(17-13-22)34-28(36)31-27(32-34)30-23-14-10-21(11-15-23)19-33(18-20-6-2-1-3-7-20)25-8-4-5-9-26(25)35/h1-3,6-7,10-17,25-26,35H,4-5,8-9,18-19H2,(H2,30,31,32,36). The molecule has 1 heterocycles. The number of aliphatic hydroxyl groups is 1. The zero-order chi connectivity index (χ0) is 24.9. The molecule has 0 amide bonds. The lowest BCUT2D eigenvalue weighted by atomic mass is 9.90. The fourth-order valence-corrected chi connectivity index (χ4v) is 4.95. The second-order valence-electron chi connectivity index (χ2n) is 9.30. The van der Waals surface area contributed by atoms with E-state index >= 15 is 0 Å². The van der Waals surface area contributed by atoms with Gasteiger partial charge in [-0.05, 0) is 60.4 Å². The average Bonchev–Trinajstić information content (AvgIpc) is 3.26. The van der Waals surface area contributed by atoms with Gasteiger partial charge in [-0.15, -0.1) is 5.10 Å². The Kier molecular flexibility index (Phi) is 7.51. The van der Waals surface area contributed by atoms with Crippen LogP contribution in [0.25, 0.3) is 5.69 Å². The van der Waals surface area contributed by atoms with Gasteiger partial charge in [0.15, 0.2) is 0 Å². The van der Waals surface area contributed by atoms with Crippen molar-refractivity contribution >= 4 is 23.2 Å². The molecule has 0 aliphatic heterocycles. The van der Waals surface area contributed by atoms with Crippen LogP contribution in [0.15, 0.2) is 83.7 Å². The molecule has 36 heavy (non-hydrogen) atoms. The van der Waals surface area contributed by atoms with Gasteiger partial charge in [0.2, 0.25) is 5.95 Å². The lowest BCUT2D eigenvalue weighted by Gasteiger charge is -2.38. The number of nitrogens with one attached hydrogen (secondary N) is 2. The van der Waals surface area contributed by atoms with Crippen molar-refractivity contribution in [3.8, 4) is 5.69 Å². The lowest BCUT2D eigenvalue weighted by Crippen LogP contribution is -2.44. The fraction of sp³-hybridized carbons (Fsp3) is 0.286. The van der Waals surface area contributed by atoms with Gasteiger partial charge in [-0.3, -0.25) is 9.88 Å². The van der Waals surface area contributed by atoms with E-state index in [0.717, 1.165) is 50.0 Å². The first-order chi connectivity index (χ1) is 17.5. The minimum absolute atomic E-state index is 0.152. The number of benzene rings is 3. The molecule has 7 nitrogen and oxygen atoms in total. The van der Waals surface area contributed by atoms with Crippen molar-refractivity contribution < 1.29 is 5.11 Å². The van der Waals surface area contributed by atoms with Gasteiger partial charge >= 0.3 is 5.69 Å². The molecule has 0 bridgehead atoms. The Morgan fingerprint density at radius 2 is 1.61 bits per heavy atom. The molecule has 186 valence electrons. The van der Waals surface area contributed by atoms with Gasteiger partial charge < -0.3 is 10.4 Å². The summed E-state index contributed by atoms with van der Waals surface area (Å²) in [5, 5.41) is 18.8. The smallest absolute Gasteiger partial charge is 0.349 e. The third-order valence-electron chi connectivity index (χ3n) is 6.68. The van der Waals surface area contributed by atoms with Crippen molar-refractivity contribution in [2.75, 3.05) is 5.32 Å². The van der Waals surface area contributed by atoms with E-state index in [1.807, 2.05) is 18.2 Å². The first-order valence-electron chi connectivity index (χ1n) is 12.3. The topological polar surface area (TPSA) is 86.2 Å². The summed E-state index contributed by atoms with van der Waals surface area (Å²) in [5.74, 6) is 0.360. The van der Waals surface area contributed by atoms with E-state index in [9.17, 15) is 9.90 Å². The molecular weight excluding hydrogens is 474 g/mol. The van der Waals surface area contributed by atoms with Crippen molar-refractivity contribution in [3.63, 3.8) is 0 Å². The van der Waals surface area contributed by atoms with Crippen LogP contribution in [0.4, 0.5) is 11.6 Å². The van der Waals surface area contributed by atoms with E-state index in [1.54, 1.807) is 24.3 Å². The molecule has 3 aromatic carbocycles. The molecule has 3 N–H and O–H groups in total. The highest BCUT2D eigenvalue weighted by Crippen LogP contribution is 2.27. The summed E-state index contributed by atoms with van der Waals surface area (Å²) in [4.78, 5) is 17.5. The molecule has 2 atom stereocenters. The second-order valence-corrected chi connectivity index (χ2v) is 9.74. The maximum atomic E-state index is 12.4. The van der Waals surface area contributed by atoms with Crippen LogP contribution in [0, 0.1) is 0 Å². The molecule has 4 aromatic rings. The summed E-state index contributed by atoms with van der Waals surface area (Å²) in [6.45, 7) is 1.55. The Morgan fingerprint density at radius 3 is 2.31 bits per heavy atom. The molecule has 0 spiro atoms. The SMILES string of the molecule is O=c1[nH]c(Nc2ccc(CN(Cc3ccccc3)C3CCCCC3O)cc2)nn1-c1ccc(Cl)cc1. The lowest BCUT2D eigenvalue weighted by molar-refractivity contribution is 0.0114. The Balaban J connectivity index is 1.29. The number of aromatic amines is 1. The predicted octanol–water partition coefficient (Wildman–Crippen LogP) is 5.26. The summed E-state index contributed by atoms with van der Waals surface area (Å²) >= 11 is 5.94. The van der Waals surface area contributed by atoms with Crippen LogP contribution in [0.2, 0.25) is 5.02 Å². The number of hydrogen-bond donors (Lipinski definition) is 3. The minimum atomic E-state index is -0.334. The number of anilines is 2. The third kappa shape index (κ3) is 5.87. The monoisotopic (exact) mass is 503 g/mol. The summed E-state index contributed by atoms with van der Waals surface area (Å²) in [5.41, 5.74) is 3.53. The molecule has 5 rings (SSSR count). The van der Waals surface area contributed by atoms with Gasteiger partial charge in [-0.2, -0.15) is 4.68 Å². The van der Waals surface area contributed by atoms with Crippen LogP contribution in [0.5, 0.6) is 0 Å². The van der Waals surface area contributed by atoms with E-state index in [1.165, 1.54) is 10.2 Å². The molecule has 1 fully saturated rings. The number of rotatable bonds is 8. The normalized spacial score (nSPS) is 17.9. The van der Waals surface area contributed by atoms with Gasteiger partial charge in [0.1, 0.15) is 0 Å². The van der Waals surface area contributed by atoms with Crippen LogP contribution in [0.1, 0.15) is 36.8 Å². The molecule has 0 radical (unpaired) electrons. The van der Waals surface area contributed by atoms with Gasteiger partial charge in [0, 0.05) is 29.8 Å². The van der Waals surface area contributed by atoms with E-state index < -0.39 is 0 Å². The zero-order valence-corrected chi connectivity index (χ0v) is 20.7. The van der Waals surface area contributed by atoms with Crippen LogP contribution < -0.4 is 11.0 Å². The van der Waals surface area contributed by atoms with E-state index in [2.05, 4.69) is 56.7 Å². The number of halogens is 1. The van der Waals surface area contributed by atoms with Crippen molar-refractivity contribution in [2.45, 2.75) is 50.9 Å². The molecular formula is C28H30ClN5O2. The average molecular weight is 504 g/mol. The molecule has 1 aromatic heterocycles. The molecule has 1 aliphatic rings. The highest BCUT2D eigenvalue weighted by Gasteiger charge is 2.28. The van der Waals surface area contributed by atoms with E-state index in [0.29, 0.717) is 16.7 Å². The minimum Gasteiger partial charge on any atom is -0.391 e. The van der Waals surface area contributed by atoms with Gasteiger partial charge in [-0.25, -0.2) is 4.79 Å². The summed E-state index contributed by atoms with van der Waals surface area (Å²) < 4.78 is 1.30. The van der Waals surface area contributed by atoms with Gasteiger partial charge in [0.05, 0.1) is 11.8 Å². The van der Waals surface area contributed by atoms with Crippen molar-refractivity contribution in [2.24, 2.45) is 0 Å². The fourth-order valence-electron chi connectivity index (χ4n) is 4.83. The number of hydrogen-bond acceptors (Lipinski definition) is 5. The van der Waals surface area contributed by atoms with Crippen LogP contribution >= 0.6 is 11.6 Å². The van der Waals surface area contributed by atoms with Crippen molar-refractivity contribution in [3.05, 3.63) is 105 Å². The summed E-state index contributed by atoms with van der Waals surface area (Å²) in [6, 6.07) is 25.6. The zero-order valence-electron chi connectivity index (χ0n) is 20.0. The Morgan fingerprint density at radius 1 is 0.944 bits per heavy atom. The van der Waals surface area contributed by atoms with Crippen molar-refractivity contribution in [1.29, 1.82) is 0 Å². The second kappa shape index (κ2) is 11.1. The molecule has 2 unspecified atom stereocenters. The van der Waals surface area contributed by atoms with E-state index in [-0.39, 0.29) is 17.8 Å². The molecule has 1 aliphatic carbocycles. The highest BCUT2D eigenvalue weighted by molar-refractivity contribution is 6.30. The Hall–Kier alpha value is -3.39. The molecule has 0 saturated heterocycles. The van der Waals surface area contributed by atoms with Gasteiger partial charge in [0.25, 0.3) is 0 Å². The molecule has 8 heteroatoms. The quantitative estimate of drug-likeness (QED) is 0.305. The summed E-state index contributed by atoms with van der Waals surface area (Å²) in [6.07, 6.45) is 3.82. The van der Waals surface area contributed by atoms with Crippen LogP contribution in [0.3, 0.4) is 0 Å². The molecule has 1 saturated carbocycles. The maximum Gasteiger partial charge on any atom is 0.349 e. The number of H-pyrrole nitrogens is 1. The maximum absolute atomic E-state index is 12.4. The van der Waals surface area contributed by atoms with E-state index in [4.69, 9.17) is 11.6 Å². The highest BCUT2D eigenvalue weighted by atomic mass is 35.5. The number of aliphatic hydroxyl groups excluding tert-OH is 1. The Bertz CT molecular complexity index is 1320. The Labute approximate surface area is 215 Å². The van der Waals surface area contributed by atoms with Gasteiger partial charge in [-0.1, -0.05) is 66.9 Å². The predicted molar refractivity (Wildman–Crippen MR) is 143 cm³/mol. The number of aromatic nitrogens is 3. The summed E-state index contributed by atoms with van der Waals surface area (Å²) in [7, 11) is 0.